The molecule has 366 valence electrons. The van der Waals surface area contributed by atoms with Crippen LogP contribution in [-0.4, -0.2) is 110 Å². The van der Waals surface area contributed by atoms with Crippen molar-refractivity contribution >= 4 is 19.8 Å². The summed E-state index contributed by atoms with van der Waals surface area (Å²) in [5, 5.41) is 60.3. The number of allylic oxidation sites excluding steroid dienone is 12. The Morgan fingerprint density at radius 1 is 0.562 bits per heavy atom. The molecule has 0 spiro atoms. The van der Waals surface area contributed by atoms with Crippen molar-refractivity contribution in [2.45, 2.75) is 198 Å². The lowest BCUT2D eigenvalue weighted by atomic mass is 9.85. The molecule has 0 radical (unpaired) electrons. The minimum absolute atomic E-state index is 0.0533. The van der Waals surface area contributed by atoms with Crippen molar-refractivity contribution < 1.29 is 68.2 Å². The first kappa shape index (κ1) is 59.0. The van der Waals surface area contributed by atoms with E-state index in [4.69, 9.17) is 18.5 Å². The third-order valence-electron chi connectivity index (χ3n) is 10.3. The van der Waals surface area contributed by atoms with Crippen molar-refractivity contribution in [3.63, 3.8) is 0 Å². The molecule has 0 saturated heterocycles. The molecule has 64 heavy (non-hydrogen) atoms. The molecule has 0 aromatic heterocycles. The predicted molar refractivity (Wildman–Crippen MR) is 250 cm³/mol. The number of aliphatic hydroxyl groups excluding tert-OH is 6. The van der Waals surface area contributed by atoms with E-state index in [2.05, 4.69) is 50.3 Å². The number of unbranched alkanes of at least 4 members (excludes halogenated alkanes) is 11. The fourth-order valence-corrected chi connectivity index (χ4v) is 7.41. The maximum atomic E-state index is 12.8. The number of rotatable bonds is 37. The summed E-state index contributed by atoms with van der Waals surface area (Å²) in [5.41, 5.74) is 0. The van der Waals surface area contributed by atoms with Gasteiger partial charge in [-0.25, -0.2) is 4.57 Å². The number of aliphatic hydroxyl groups is 6. The summed E-state index contributed by atoms with van der Waals surface area (Å²) >= 11 is 0. The van der Waals surface area contributed by atoms with Gasteiger partial charge in [0.05, 0.1) is 12.7 Å². The maximum absolute atomic E-state index is 12.8. The van der Waals surface area contributed by atoms with Crippen LogP contribution < -0.4 is 0 Å². The molecule has 14 nitrogen and oxygen atoms in total. The average molecular weight is 925 g/mol. The molecule has 15 heteroatoms. The number of hydrogen-bond donors (Lipinski definition) is 7. The first-order chi connectivity index (χ1) is 30.8. The van der Waals surface area contributed by atoms with Gasteiger partial charge in [0.25, 0.3) is 0 Å². The zero-order valence-electron chi connectivity index (χ0n) is 38.4. The van der Waals surface area contributed by atoms with Gasteiger partial charge in [-0.15, -0.1) is 0 Å². The normalized spacial score (nSPS) is 22.8. The number of hydrogen-bond acceptors (Lipinski definition) is 13. The maximum Gasteiger partial charge on any atom is 0.472 e. The average Bonchev–Trinajstić information content (AvgIpc) is 3.27. The largest absolute Gasteiger partial charge is 0.472 e. The van der Waals surface area contributed by atoms with Gasteiger partial charge in [0.2, 0.25) is 0 Å². The van der Waals surface area contributed by atoms with E-state index in [1.165, 1.54) is 57.8 Å². The highest BCUT2D eigenvalue weighted by atomic mass is 31.2. The highest BCUT2D eigenvalue weighted by molar-refractivity contribution is 7.47. The van der Waals surface area contributed by atoms with Gasteiger partial charge in [0.15, 0.2) is 6.10 Å². The third kappa shape index (κ3) is 30.2. The zero-order chi connectivity index (χ0) is 47.3. The summed E-state index contributed by atoms with van der Waals surface area (Å²) < 4.78 is 33.4. The van der Waals surface area contributed by atoms with Crippen molar-refractivity contribution in [2.24, 2.45) is 0 Å². The Kier molecular flexibility index (Phi) is 35.2. The van der Waals surface area contributed by atoms with Crippen LogP contribution in [0.1, 0.15) is 149 Å². The van der Waals surface area contributed by atoms with Gasteiger partial charge in [0.1, 0.15) is 43.2 Å². The Labute approximate surface area is 382 Å². The van der Waals surface area contributed by atoms with E-state index in [-0.39, 0.29) is 12.8 Å². The molecule has 0 bridgehead atoms. The summed E-state index contributed by atoms with van der Waals surface area (Å²) in [7, 11) is -5.17. The highest BCUT2D eigenvalue weighted by Gasteiger charge is 2.51. The number of esters is 2. The highest BCUT2D eigenvalue weighted by Crippen LogP contribution is 2.47. The van der Waals surface area contributed by atoms with Gasteiger partial charge in [0, 0.05) is 12.8 Å². The minimum Gasteiger partial charge on any atom is -0.462 e. The monoisotopic (exact) mass is 925 g/mol. The molecule has 4 unspecified atom stereocenters. The Balaban J connectivity index is 2.59. The quantitative estimate of drug-likeness (QED) is 0.0102. The molecular formula is C49H81O14P. The molecule has 0 aliphatic heterocycles. The minimum atomic E-state index is -5.17. The van der Waals surface area contributed by atoms with Crippen LogP contribution in [0.15, 0.2) is 85.1 Å². The predicted octanol–water partition coefficient (Wildman–Crippen LogP) is 8.25. The van der Waals surface area contributed by atoms with Gasteiger partial charge in [-0.05, 0) is 77.0 Å². The van der Waals surface area contributed by atoms with Gasteiger partial charge < -0.3 is 45.0 Å². The summed E-state index contributed by atoms with van der Waals surface area (Å²) in [6.45, 7) is 3.08. The Morgan fingerprint density at radius 3 is 1.64 bits per heavy atom. The Hall–Kier alpha value is -3.01. The second-order valence-corrected chi connectivity index (χ2v) is 17.5. The third-order valence-corrected chi connectivity index (χ3v) is 11.3. The summed E-state index contributed by atoms with van der Waals surface area (Å²) in [6.07, 6.45) is 32.4. The van der Waals surface area contributed by atoms with E-state index in [0.717, 1.165) is 32.1 Å². The van der Waals surface area contributed by atoms with E-state index in [9.17, 15) is 49.7 Å². The number of ether oxygens (including phenoxy) is 2. The fourth-order valence-electron chi connectivity index (χ4n) is 6.43. The second-order valence-electron chi connectivity index (χ2n) is 16.1. The topological polar surface area (TPSA) is 230 Å². The van der Waals surface area contributed by atoms with Crippen LogP contribution in [0, 0.1) is 0 Å². The van der Waals surface area contributed by atoms with Crippen LogP contribution >= 0.6 is 7.82 Å². The molecule has 0 aromatic rings. The van der Waals surface area contributed by atoms with Crippen LogP contribution in [0.4, 0.5) is 0 Å². The Bertz CT molecular complexity index is 1460. The molecule has 1 aliphatic carbocycles. The first-order valence-corrected chi connectivity index (χ1v) is 25.0. The van der Waals surface area contributed by atoms with E-state index in [1.807, 2.05) is 30.4 Å². The lowest BCUT2D eigenvalue weighted by Crippen LogP contribution is -2.64. The van der Waals surface area contributed by atoms with Crippen LogP contribution in [0.2, 0.25) is 0 Å². The van der Waals surface area contributed by atoms with Crippen molar-refractivity contribution in [3.05, 3.63) is 85.1 Å². The molecule has 0 amide bonds. The van der Waals surface area contributed by atoms with E-state index in [1.54, 1.807) is 18.2 Å². The molecule has 7 N–H and O–H groups in total. The van der Waals surface area contributed by atoms with Crippen LogP contribution in [0.3, 0.4) is 0 Å². The Morgan fingerprint density at radius 2 is 1.03 bits per heavy atom. The van der Waals surface area contributed by atoms with Crippen molar-refractivity contribution in [1.29, 1.82) is 0 Å². The number of phosphoric ester groups is 1. The zero-order valence-corrected chi connectivity index (χ0v) is 39.3. The lowest BCUT2D eigenvalue weighted by molar-refractivity contribution is -0.220. The molecule has 1 saturated carbocycles. The van der Waals surface area contributed by atoms with Crippen LogP contribution in [0.5, 0.6) is 0 Å². The summed E-state index contributed by atoms with van der Waals surface area (Å²) in [4.78, 5) is 35.7. The lowest BCUT2D eigenvalue weighted by Gasteiger charge is -2.41. The molecule has 1 aliphatic rings. The van der Waals surface area contributed by atoms with Crippen molar-refractivity contribution in [1.82, 2.24) is 0 Å². The van der Waals surface area contributed by atoms with E-state index < -0.39 is 81.8 Å². The van der Waals surface area contributed by atoms with Crippen LogP contribution in [-0.2, 0) is 32.7 Å². The van der Waals surface area contributed by atoms with Gasteiger partial charge >= 0.3 is 19.8 Å². The SMILES string of the molecule is CCCCC/C=C\C/C=C\CC(O)/C=C\C=C\CCCC(=O)O[C@H](COC(=O)CCC/C=C\C/C=C\C/C=C\CCCCCCCC)COP(=O)(O)OC1[C@H](O)[C@H](O)C(O)[C@H](O)[C@H]1O. The van der Waals surface area contributed by atoms with Crippen LogP contribution in [0.25, 0.3) is 0 Å². The summed E-state index contributed by atoms with van der Waals surface area (Å²) in [5.74, 6) is -1.30. The molecule has 1 rings (SSSR count). The molecule has 1 fully saturated rings. The second kappa shape index (κ2) is 38.1. The van der Waals surface area contributed by atoms with Gasteiger partial charge in [-0.1, -0.05) is 144 Å². The van der Waals surface area contributed by atoms with E-state index >= 15 is 0 Å². The van der Waals surface area contributed by atoms with Gasteiger partial charge in [-0.2, -0.15) is 0 Å². The number of carbonyl (C=O) groups is 2. The first-order valence-electron chi connectivity index (χ1n) is 23.5. The summed E-state index contributed by atoms with van der Waals surface area (Å²) in [6, 6.07) is 0. The van der Waals surface area contributed by atoms with Crippen molar-refractivity contribution in [3.8, 4) is 0 Å². The van der Waals surface area contributed by atoms with Crippen molar-refractivity contribution in [2.75, 3.05) is 13.2 Å². The smallest absolute Gasteiger partial charge is 0.462 e. The molecule has 9 atom stereocenters. The van der Waals surface area contributed by atoms with E-state index in [0.29, 0.717) is 32.1 Å². The standard InChI is InChI=1S/C49H81O14P/c1-3-5-7-9-11-13-14-15-16-17-18-19-20-22-24-28-32-36-42(51)60-38-41(39-61-64(58,59)63-49-47(56)45(54)44(53)46(55)48(49)57)62-43(52)37-33-29-25-27-31-35-40(50)34-30-26-23-21-12-10-8-6-4-2/h12,15-16,18-19,21-22,24-27,30-31,35,40-41,44-50,53-57H,3-11,13-14,17,20,23,28-29,32-34,36-39H2,1-2H3,(H,58,59)/b16-15-,19-18-,21-12-,24-22-,27-25+,30-26-,35-31-/t40?,41-,44?,45-,46+,47-,48-,49?/m1/s1. The fraction of sp³-hybridized carbons (Fsp3) is 0.673. The number of carbonyl (C=O) groups excluding carboxylic acids is 2. The molecule has 0 aromatic carbocycles. The number of phosphoric acid groups is 1. The molecular weight excluding hydrogens is 843 g/mol. The van der Waals surface area contributed by atoms with Gasteiger partial charge in [-0.3, -0.25) is 18.6 Å². The molecule has 0 heterocycles.